The Balaban J connectivity index is 2.17. The van der Waals surface area contributed by atoms with Crippen LogP contribution in [-0.4, -0.2) is 47.9 Å². The predicted molar refractivity (Wildman–Crippen MR) is 80.6 cm³/mol. The number of aliphatic hydroxyl groups is 1. The number of amidine groups is 1. The van der Waals surface area contributed by atoms with Gasteiger partial charge in [-0.1, -0.05) is 5.16 Å². The minimum Gasteiger partial charge on any atom is -0.496 e. The molecule has 4 N–H and O–H groups in total. The lowest BCUT2D eigenvalue weighted by atomic mass is 9.98. The number of benzene rings is 1. The predicted octanol–water partition coefficient (Wildman–Crippen LogP) is 0.994. The molecule has 1 fully saturated rings. The van der Waals surface area contributed by atoms with Gasteiger partial charge in [-0.2, -0.15) is 0 Å². The van der Waals surface area contributed by atoms with Crippen LogP contribution in [0.5, 0.6) is 5.75 Å². The Morgan fingerprint density at radius 1 is 1.52 bits per heavy atom. The van der Waals surface area contributed by atoms with Gasteiger partial charge in [-0.3, -0.25) is 4.90 Å². The first-order valence-electron chi connectivity index (χ1n) is 7.16. The van der Waals surface area contributed by atoms with E-state index in [1.54, 1.807) is 13.2 Å². The summed E-state index contributed by atoms with van der Waals surface area (Å²) < 4.78 is 5.39. The van der Waals surface area contributed by atoms with Crippen molar-refractivity contribution < 1.29 is 15.1 Å². The number of piperidine rings is 1. The van der Waals surface area contributed by atoms with Crippen LogP contribution in [0.25, 0.3) is 0 Å². The molecule has 21 heavy (non-hydrogen) atoms. The summed E-state index contributed by atoms with van der Waals surface area (Å²) in [7, 11) is 1.63. The number of likely N-dealkylation sites (tertiary alicyclic amines) is 1. The van der Waals surface area contributed by atoms with Crippen molar-refractivity contribution in [2.75, 3.05) is 26.8 Å². The molecule has 0 aliphatic carbocycles. The zero-order chi connectivity index (χ0) is 15.2. The Morgan fingerprint density at radius 3 is 3.00 bits per heavy atom. The molecule has 1 aromatic rings. The van der Waals surface area contributed by atoms with Crippen LogP contribution in [-0.2, 0) is 6.54 Å². The molecule has 1 saturated heterocycles. The third-order valence-electron chi connectivity index (χ3n) is 3.94. The van der Waals surface area contributed by atoms with Crippen molar-refractivity contribution >= 4 is 5.84 Å². The topological polar surface area (TPSA) is 91.3 Å². The molecule has 0 radical (unpaired) electrons. The molecule has 0 spiro atoms. The fourth-order valence-electron chi connectivity index (χ4n) is 2.80. The van der Waals surface area contributed by atoms with Gasteiger partial charge in [-0.05, 0) is 43.5 Å². The van der Waals surface area contributed by atoms with Crippen LogP contribution in [0.4, 0.5) is 0 Å². The molecule has 1 atom stereocenters. The van der Waals surface area contributed by atoms with Crippen LogP contribution in [0.2, 0.25) is 0 Å². The minimum atomic E-state index is 0.0887. The molecule has 6 heteroatoms. The van der Waals surface area contributed by atoms with Gasteiger partial charge in [-0.25, -0.2) is 0 Å². The first kappa shape index (κ1) is 15.6. The summed E-state index contributed by atoms with van der Waals surface area (Å²) >= 11 is 0. The monoisotopic (exact) mass is 293 g/mol. The number of nitrogens with zero attached hydrogens (tertiary/aromatic N) is 2. The minimum absolute atomic E-state index is 0.0887. The van der Waals surface area contributed by atoms with Crippen molar-refractivity contribution in [2.45, 2.75) is 19.4 Å². The quantitative estimate of drug-likeness (QED) is 0.326. The Bertz CT molecular complexity index is 505. The normalized spacial score (nSPS) is 20.5. The third-order valence-corrected chi connectivity index (χ3v) is 3.94. The summed E-state index contributed by atoms with van der Waals surface area (Å²) in [6.07, 6.45) is 2.17. The maximum atomic E-state index is 9.31. The Kier molecular flexibility index (Phi) is 5.41. The SMILES string of the molecule is COc1ccc(/C(N)=N/O)cc1CN1CCCC(CO)C1. The molecule has 1 aliphatic rings. The maximum Gasteiger partial charge on any atom is 0.170 e. The second-order valence-electron chi connectivity index (χ2n) is 5.44. The van der Waals surface area contributed by atoms with E-state index in [0.717, 1.165) is 43.8 Å². The van der Waals surface area contributed by atoms with Crippen molar-refractivity contribution in [3.63, 3.8) is 0 Å². The number of hydrogen-bond acceptors (Lipinski definition) is 5. The third kappa shape index (κ3) is 3.86. The number of methoxy groups -OCH3 is 1. The summed E-state index contributed by atoms with van der Waals surface area (Å²) in [5.74, 6) is 1.22. The molecule has 1 aromatic carbocycles. The molecule has 116 valence electrons. The maximum absolute atomic E-state index is 9.31. The van der Waals surface area contributed by atoms with Gasteiger partial charge >= 0.3 is 0 Å². The number of oxime groups is 1. The van der Waals surface area contributed by atoms with E-state index >= 15 is 0 Å². The van der Waals surface area contributed by atoms with Crippen molar-refractivity contribution in [1.29, 1.82) is 0 Å². The largest absolute Gasteiger partial charge is 0.496 e. The molecule has 0 bridgehead atoms. The lowest BCUT2D eigenvalue weighted by molar-refractivity contribution is 0.115. The van der Waals surface area contributed by atoms with Crippen molar-refractivity contribution in [2.24, 2.45) is 16.8 Å². The zero-order valence-electron chi connectivity index (χ0n) is 12.3. The zero-order valence-corrected chi connectivity index (χ0v) is 12.3. The molecular formula is C15H23N3O3. The number of hydrogen-bond donors (Lipinski definition) is 3. The lowest BCUT2D eigenvalue weighted by Crippen LogP contribution is -2.36. The number of rotatable bonds is 5. The molecule has 2 rings (SSSR count). The lowest BCUT2D eigenvalue weighted by Gasteiger charge is -2.32. The van der Waals surface area contributed by atoms with Gasteiger partial charge in [0.25, 0.3) is 0 Å². The number of nitrogens with two attached hydrogens (primary N) is 1. The molecule has 0 aromatic heterocycles. The van der Waals surface area contributed by atoms with Crippen LogP contribution < -0.4 is 10.5 Å². The highest BCUT2D eigenvalue weighted by atomic mass is 16.5. The number of aliphatic hydroxyl groups excluding tert-OH is 1. The van der Waals surface area contributed by atoms with E-state index in [4.69, 9.17) is 15.7 Å². The van der Waals surface area contributed by atoms with Gasteiger partial charge < -0.3 is 20.8 Å². The average Bonchev–Trinajstić information content (AvgIpc) is 2.54. The smallest absolute Gasteiger partial charge is 0.170 e. The summed E-state index contributed by atoms with van der Waals surface area (Å²) in [5, 5.41) is 21.1. The van der Waals surface area contributed by atoms with Crippen molar-refractivity contribution in [1.82, 2.24) is 4.90 Å². The van der Waals surface area contributed by atoms with Crippen LogP contribution in [0.1, 0.15) is 24.0 Å². The van der Waals surface area contributed by atoms with Crippen molar-refractivity contribution in [3.05, 3.63) is 29.3 Å². The van der Waals surface area contributed by atoms with E-state index in [-0.39, 0.29) is 12.4 Å². The van der Waals surface area contributed by atoms with Gasteiger partial charge in [0.1, 0.15) is 5.75 Å². The Hall–Kier alpha value is -1.79. The molecule has 1 heterocycles. The van der Waals surface area contributed by atoms with E-state index < -0.39 is 0 Å². The standard InChI is InChI=1S/C15H23N3O3/c1-21-14-5-4-12(15(16)17-20)7-13(14)9-18-6-2-3-11(8-18)10-19/h4-5,7,11,19-20H,2-3,6,8-10H2,1H3,(H2,16,17). The highest BCUT2D eigenvalue weighted by Gasteiger charge is 2.20. The Labute approximate surface area is 124 Å². The molecule has 1 aliphatic heterocycles. The second kappa shape index (κ2) is 7.28. The molecule has 0 amide bonds. The highest BCUT2D eigenvalue weighted by molar-refractivity contribution is 5.97. The van der Waals surface area contributed by atoms with Crippen LogP contribution in [0, 0.1) is 5.92 Å². The van der Waals surface area contributed by atoms with Gasteiger partial charge in [0.15, 0.2) is 5.84 Å². The van der Waals surface area contributed by atoms with E-state index in [2.05, 4.69) is 10.1 Å². The fraction of sp³-hybridized carbons (Fsp3) is 0.533. The first-order valence-corrected chi connectivity index (χ1v) is 7.16. The molecule has 0 saturated carbocycles. The van der Waals surface area contributed by atoms with Crippen molar-refractivity contribution in [3.8, 4) is 5.75 Å². The summed E-state index contributed by atoms with van der Waals surface area (Å²) in [6, 6.07) is 5.48. The molecular weight excluding hydrogens is 270 g/mol. The molecule has 6 nitrogen and oxygen atoms in total. The van der Waals surface area contributed by atoms with E-state index in [1.807, 2.05) is 12.1 Å². The summed E-state index contributed by atoms with van der Waals surface area (Å²) in [6.45, 7) is 2.85. The van der Waals surface area contributed by atoms with Crippen LogP contribution in [0.15, 0.2) is 23.4 Å². The van der Waals surface area contributed by atoms with E-state index in [9.17, 15) is 5.11 Å². The average molecular weight is 293 g/mol. The molecule has 1 unspecified atom stereocenters. The summed E-state index contributed by atoms with van der Waals surface area (Å²) in [5.41, 5.74) is 7.31. The van der Waals surface area contributed by atoms with E-state index in [1.165, 1.54) is 0 Å². The van der Waals surface area contributed by atoms with Crippen LogP contribution in [0.3, 0.4) is 0 Å². The Morgan fingerprint density at radius 2 is 2.33 bits per heavy atom. The fourth-order valence-corrected chi connectivity index (χ4v) is 2.80. The van der Waals surface area contributed by atoms with Gasteiger partial charge in [-0.15, -0.1) is 0 Å². The van der Waals surface area contributed by atoms with Crippen LogP contribution >= 0.6 is 0 Å². The second-order valence-corrected chi connectivity index (χ2v) is 5.44. The van der Waals surface area contributed by atoms with Gasteiger partial charge in [0.2, 0.25) is 0 Å². The van der Waals surface area contributed by atoms with E-state index in [0.29, 0.717) is 11.5 Å². The first-order chi connectivity index (χ1) is 10.2. The van der Waals surface area contributed by atoms with Gasteiger partial charge in [0, 0.05) is 30.8 Å². The number of ether oxygens (including phenoxy) is 1. The highest BCUT2D eigenvalue weighted by Crippen LogP contribution is 2.24. The summed E-state index contributed by atoms with van der Waals surface area (Å²) in [4.78, 5) is 2.30. The van der Waals surface area contributed by atoms with Gasteiger partial charge in [0.05, 0.1) is 7.11 Å².